The molecule has 1 saturated carbocycles. The quantitative estimate of drug-likeness (QED) is 0.860. The first kappa shape index (κ1) is 13.6. The highest BCUT2D eigenvalue weighted by Gasteiger charge is 2.58. The fraction of sp³-hybridized carbons (Fsp3) is 0.467. The van der Waals surface area contributed by atoms with Crippen LogP contribution in [0.4, 0.5) is 0 Å². The molecule has 2 aromatic rings. The van der Waals surface area contributed by atoms with E-state index in [4.69, 9.17) is 11.6 Å². The molecule has 1 N–H and O–H groups in total. The van der Waals surface area contributed by atoms with Crippen molar-refractivity contribution in [1.29, 1.82) is 0 Å². The average molecular weight is 292 g/mol. The van der Waals surface area contributed by atoms with Crippen LogP contribution < -0.4 is 0 Å². The summed E-state index contributed by atoms with van der Waals surface area (Å²) in [5, 5.41) is 15.2. The zero-order valence-corrected chi connectivity index (χ0v) is 12.2. The van der Waals surface area contributed by atoms with Gasteiger partial charge in [-0.15, -0.1) is 11.6 Å². The second-order valence-corrected chi connectivity index (χ2v) is 6.42. The van der Waals surface area contributed by atoms with E-state index in [0.717, 1.165) is 18.4 Å². The molecule has 1 fully saturated rings. The number of aryl methyl sites for hydroxylation is 1. The van der Waals surface area contributed by atoms with Crippen molar-refractivity contribution in [3.05, 3.63) is 48.0 Å². The lowest BCUT2D eigenvalue weighted by atomic mass is 9.87. The fourth-order valence-corrected chi connectivity index (χ4v) is 2.86. The van der Waals surface area contributed by atoms with Gasteiger partial charge in [0, 0.05) is 6.42 Å². The molecule has 1 unspecified atom stereocenters. The summed E-state index contributed by atoms with van der Waals surface area (Å²) >= 11 is 6.56. The minimum absolute atomic E-state index is 0.366. The first-order chi connectivity index (χ1) is 9.52. The predicted molar refractivity (Wildman–Crippen MR) is 77.7 cm³/mol. The number of halogens is 1. The SMILES string of the molecule is Cc1ccccc1CC(O)(Cn1cncn1)C1(Cl)CC1. The van der Waals surface area contributed by atoms with Crippen molar-refractivity contribution in [3.8, 4) is 0 Å². The number of aromatic nitrogens is 3. The number of alkyl halides is 1. The van der Waals surface area contributed by atoms with Crippen LogP contribution in [0.2, 0.25) is 0 Å². The van der Waals surface area contributed by atoms with Gasteiger partial charge in [-0.25, -0.2) is 9.67 Å². The molecular weight excluding hydrogens is 274 g/mol. The summed E-state index contributed by atoms with van der Waals surface area (Å²) in [4.78, 5) is 3.39. The lowest BCUT2D eigenvalue weighted by Crippen LogP contribution is -2.47. The Balaban J connectivity index is 1.89. The highest BCUT2D eigenvalue weighted by Crippen LogP contribution is 2.52. The summed E-state index contributed by atoms with van der Waals surface area (Å²) < 4.78 is 1.65. The molecule has 0 spiro atoms. The second kappa shape index (κ2) is 4.86. The van der Waals surface area contributed by atoms with Gasteiger partial charge in [0.05, 0.1) is 11.4 Å². The number of benzene rings is 1. The Labute approximate surface area is 123 Å². The first-order valence-electron chi connectivity index (χ1n) is 6.81. The van der Waals surface area contributed by atoms with Crippen molar-refractivity contribution in [2.24, 2.45) is 0 Å². The number of nitrogens with zero attached hydrogens (tertiary/aromatic N) is 3. The molecule has 106 valence electrons. The van der Waals surface area contributed by atoms with Gasteiger partial charge in [-0.2, -0.15) is 5.10 Å². The molecule has 1 aliphatic rings. The van der Waals surface area contributed by atoms with Gasteiger partial charge in [-0.3, -0.25) is 0 Å². The number of aliphatic hydroxyl groups is 1. The van der Waals surface area contributed by atoms with E-state index in [2.05, 4.69) is 23.1 Å². The summed E-state index contributed by atoms with van der Waals surface area (Å²) in [6.07, 6.45) is 5.30. The van der Waals surface area contributed by atoms with Crippen molar-refractivity contribution >= 4 is 11.6 Å². The Morgan fingerprint density at radius 2 is 2.15 bits per heavy atom. The molecule has 0 radical (unpaired) electrons. The van der Waals surface area contributed by atoms with Gasteiger partial charge >= 0.3 is 0 Å². The van der Waals surface area contributed by atoms with E-state index in [0.29, 0.717) is 13.0 Å². The van der Waals surface area contributed by atoms with E-state index in [-0.39, 0.29) is 0 Å². The van der Waals surface area contributed by atoms with Gasteiger partial charge in [0.15, 0.2) is 0 Å². The monoisotopic (exact) mass is 291 g/mol. The molecule has 20 heavy (non-hydrogen) atoms. The molecule has 1 heterocycles. The van der Waals surface area contributed by atoms with Crippen molar-refractivity contribution in [2.75, 3.05) is 0 Å². The van der Waals surface area contributed by atoms with Crippen LogP contribution in [0.25, 0.3) is 0 Å². The average Bonchev–Trinajstić information content (AvgIpc) is 2.98. The van der Waals surface area contributed by atoms with Crippen LogP contribution in [-0.4, -0.2) is 30.3 Å². The van der Waals surface area contributed by atoms with Gasteiger partial charge in [0.2, 0.25) is 0 Å². The molecule has 0 saturated heterocycles. The van der Waals surface area contributed by atoms with Gasteiger partial charge in [0.25, 0.3) is 0 Å². The van der Waals surface area contributed by atoms with E-state index in [9.17, 15) is 5.11 Å². The van der Waals surface area contributed by atoms with Crippen LogP contribution in [0.15, 0.2) is 36.9 Å². The lowest BCUT2D eigenvalue weighted by molar-refractivity contribution is 0.00751. The molecule has 0 amide bonds. The van der Waals surface area contributed by atoms with Gasteiger partial charge in [0.1, 0.15) is 18.3 Å². The van der Waals surface area contributed by atoms with E-state index in [1.54, 1.807) is 11.0 Å². The maximum Gasteiger partial charge on any atom is 0.137 e. The Morgan fingerprint density at radius 1 is 1.40 bits per heavy atom. The highest BCUT2D eigenvalue weighted by atomic mass is 35.5. The topological polar surface area (TPSA) is 50.9 Å². The molecule has 0 aliphatic heterocycles. The first-order valence-corrected chi connectivity index (χ1v) is 7.18. The summed E-state index contributed by atoms with van der Waals surface area (Å²) in [7, 11) is 0. The van der Waals surface area contributed by atoms with Crippen LogP contribution in [0.1, 0.15) is 24.0 Å². The summed E-state index contributed by atoms with van der Waals surface area (Å²) in [5.41, 5.74) is 1.29. The van der Waals surface area contributed by atoms with E-state index in [1.165, 1.54) is 11.9 Å². The van der Waals surface area contributed by atoms with E-state index >= 15 is 0 Å². The smallest absolute Gasteiger partial charge is 0.137 e. The largest absolute Gasteiger partial charge is 0.386 e. The van der Waals surface area contributed by atoms with Crippen LogP contribution in [0.3, 0.4) is 0 Å². The van der Waals surface area contributed by atoms with Crippen molar-refractivity contribution < 1.29 is 5.11 Å². The maximum absolute atomic E-state index is 11.1. The molecule has 0 bridgehead atoms. The fourth-order valence-electron chi connectivity index (χ4n) is 2.64. The molecule has 3 rings (SSSR count). The molecule has 4 nitrogen and oxygen atoms in total. The summed E-state index contributed by atoms with van der Waals surface area (Å²) in [6, 6.07) is 8.10. The van der Waals surface area contributed by atoms with Crippen LogP contribution in [0, 0.1) is 6.92 Å². The van der Waals surface area contributed by atoms with Crippen molar-refractivity contribution in [3.63, 3.8) is 0 Å². The van der Waals surface area contributed by atoms with Crippen molar-refractivity contribution in [1.82, 2.24) is 14.8 Å². The Morgan fingerprint density at radius 3 is 2.75 bits per heavy atom. The standard InChI is InChI=1S/C15H18ClN3O/c1-12-4-2-3-5-13(12)8-15(20,14(16)6-7-14)9-19-11-17-10-18-19/h2-5,10-11,20H,6-9H2,1H3. The van der Waals surface area contributed by atoms with Crippen LogP contribution >= 0.6 is 11.6 Å². The van der Waals surface area contributed by atoms with E-state index in [1.807, 2.05) is 18.2 Å². The van der Waals surface area contributed by atoms with Gasteiger partial charge in [-0.1, -0.05) is 24.3 Å². The summed E-state index contributed by atoms with van der Waals surface area (Å²) in [6.45, 7) is 2.42. The third-order valence-electron chi connectivity index (χ3n) is 4.16. The Kier molecular flexibility index (Phi) is 3.30. The molecular formula is C15H18ClN3O. The Bertz CT molecular complexity index is 595. The minimum atomic E-state index is -1.01. The van der Waals surface area contributed by atoms with Crippen LogP contribution in [-0.2, 0) is 13.0 Å². The second-order valence-electron chi connectivity index (χ2n) is 5.69. The van der Waals surface area contributed by atoms with Crippen LogP contribution in [0.5, 0.6) is 0 Å². The molecule has 1 atom stereocenters. The third kappa shape index (κ3) is 2.45. The van der Waals surface area contributed by atoms with Gasteiger partial charge < -0.3 is 5.11 Å². The minimum Gasteiger partial charge on any atom is -0.386 e. The normalized spacial score (nSPS) is 19.6. The molecule has 1 aromatic carbocycles. The van der Waals surface area contributed by atoms with Crippen molar-refractivity contribution in [2.45, 2.75) is 43.2 Å². The zero-order valence-electron chi connectivity index (χ0n) is 11.5. The lowest BCUT2D eigenvalue weighted by Gasteiger charge is -2.33. The number of hydrogen-bond acceptors (Lipinski definition) is 3. The molecule has 1 aliphatic carbocycles. The van der Waals surface area contributed by atoms with E-state index < -0.39 is 10.5 Å². The molecule has 5 heteroatoms. The molecule has 1 aromatic heterocycles. The van der Waals surface area contributed by atoms with Gasteiger partial charge in [-0.05, 0) is 30.9 Å². The summed E-state index contributed by atoms with van der Waals surface area (Å²) in [5.74, 6) is 0. The third-order valence-corrected chi connectivity index (χ3v) is 4.89. The number of hydrogen-bond donors (Lipinski definition) is 1. The highest BCUT2D eigenvalue weighted by molar-refractivity contribution is 6.26. The predicted octanol–water partition coefficient (Wildman–Crippen LogP) is 2.33. The Hall–Kier alpha value is -1.39. The zero-order chi connectivity index (χ0) is 14.2. The number of rotatable bonds is 5. The maximum atomic E-state index is 11.1.